The molecule has 1 amide bonds. The maximum absolute atomic E-state index is 13.6. The second-order valence-corrected chi connectivity index (χ2v) is 8.68. The highest BCUT2D eigenvalue weighted by molar-refractivity contribution is 5.94. The van der Waals surface area contributed by atoms with E-state index in [4.69, 9.17) is 4.98 Å². The molecule has 0 saturated carbocycles. The molecule has 1 N–H and O–H groups in total. The largest absolute Gasteiger partial charge is 0.329 e. The molecule has 1 aromatic carbocycles. The second kappa shape index (κ2) is 8.25. The second-order valence-electron chi connectivity index (χ2n) is 8.68. The van der Waals surface area contributed by atoms with Gasteiger partial charge in [0.1, 0.15) is 5.82 Å². The van der Waals surface area contributed by atoms with Crippen molar-refractivity contribution in [2.45, 2.75) is 57.9 Å². The first-order valence-electron chi connectivity index (χ1n) is 11.2. The number of aromatic nitrogens is 3. The third-order valence-electron chi connectivity index (χ3n) is 6.51. The van der Waals surface area contributed by atoms with Crippen LogP contribution in [-0.4, -0.2) is 32.5 Å². The summed E-state index contributed by atoms with van der Waals surface area (Å²) in [6.45, 7) is 2.68. The van der Waals surface area contributed by atoms with E-state index < -0.39 is 0 Å². The topological polar surface area (TPSA) is 61.9 Å². The Balaban J connectivity index is 1.49. The molecule has 3 heterocycles. The van der Waals surface area contributed by atoms with Gasteiger partial charge in [0, 0.05) is 23.5 Å². The number of fused-ring (bicyclic) bond motifs is 1. The number of nitrogens with one attached hydrogen (secondary N) is 1. The van der Waals surface area contributed by atoms with Gasteiger partial charge in [-0.3, -0.25) is 14.9 Å². The molecule has 0 radical (unpaired) electrons. The van der Waals surface area contributed by atoms with Crippen LogP contribution < -0.4 is 0 Å². The number of piperidine rings is 1. The van der Waals surface area contributed by atoms with Crippen molar-refractivity contribution in [3.63, 3.8) is 0 Å². The number of nitrogens with zero attached hydrogens (tertiary/aromatic N) is 3. The Bertz CT molecular complexity index is 1110. The molecule has 0 unspecified atom stereocenters. The minimum atomic E-state index is -0.249. The number of H-pyrrole nitrogens is 1. The molecular formula is C25H27FN4O. The van der Waals surface area contributed by atoms with E-state index in [0.29, 0.717) is 12.2 Å². The third-order valence-corrected chi connectivity index (χ3v) is 6.51. The van der Waals surface area contributed by atoms with Crippen LogP contribution in [0.3, 0.4) is 0 Å². The molecule has 1 aliphatic carbocycles. The average Bonchev–Trinajstić information content (AvgIpc) is 3.23. The van der Waals surface area contributed by atoms with Crippen LogP contribution in [0.1, 0.15) is 71.3 Å². The van der Waals surface area contributed by atoms with E-state index in [2.05, 4.69) is 16.3 Å². The van der Waals surface area contributed by atoms with Gasteiger partial charge < -0.3 is 4.90 Å². The van der Waals surface area contributed by atoms with Crippen LogP contribution in [-0.2, 0) is 12.8 Å². The number of halogens is 1. The summed E-state index contributed by atoms with van der Waals surface area (Å²) >= 11 is 0. The molecule has 2 aromatic heterocycles. The lowest BCUT2D eigenvalue weighted by Crippen LogP contribution is -2.39. The minimum Gasteiger partial charge on any atom is -0.329 e. The van der Waals surface area contributed by atoms with Crippen molar-refractivity contribution in [2.75, 3.05) is 6.54 Å². The zero-order valence-electron chi connectivity index (χ0n) is 17.8. The van der Waals surface area contributed by atoms with E-state index >= 15 is 0 Å². The number of hydrogen-bond acceptors (Lipinski definition) is 3. The number of amides is 1. The number of pyridine rings is 1. The Morgan fingerprint density at radius 1 is 1.06 bits per heavy atom. The van der Waals surface area contributed by atoms with Crippen LogP contribution in [0.25, 0.3) is 11.1 Å². The van der Waals surface area contributed by atoms with Crippen LogP contribution in [0.4, 0.5) is 4.39 Å². The van der Waals surface area contributed by atoms with Gasteiger partial charge in [-0.15, -0.1) is 0 Å². The van der Waals surface area contributed by atoms with Gasteiger partial charge in [-0.2, -0.15) is 5.10 Å². The van der Waals surface area contributed by atoms with Crippen LogP contribution in [0.5, 0.6) is 0 Å². The number of aryl methyl sites for hydroxylation is 2. The van der Waals surface area contributed by atoms with Crippen LogP contribution in [0.2, 0.25) is 0 Å². The molecule has 1 saturated heterocycles. The van der Waals surface area contributed by atoms with Gasteiger partial charge in [0.25, 0.3) is 5.91 Å². The predicted molar refractivity (Wildman–Crippen MR) is 117 cm³/mol. The van der Waals surface area contributed by atoms with Crippen LogP contribution >= 0.6 is 0 Å². The summed E-state index contributed by atoms with van der Waals surface area (Å²) in [6.07, 6.45) is 7.09. The van der Waals surface area contributed by atoms with Crippen molar-refractivity contribution in [2.24, 2.45) is 0 Å². The van der Waals surface area contributed by atoms with Gasteiger partial charge >= 0.3 is 0 Å². The van der Waals surface area contributed by atoms with Gasteiger partial charge in [0.05, 0.1) is 11.7 Å². The normalized spacial score (nSPS) is 18.6. The molecule has 2 aliphatic rings. The van der Waals surface area contributed by atoms with E-state index in [1.165, 1.54) is 12.1 Å². The molecule has 160 valence electrons. The van der Waals surface area contributed by atoms with Crippen molar-refractivity contribution < 1.29 is 9.18 Å². The zero-order valence-corrected chi connectivity index (χ0v) is 17.8. The summed E-state index contributed by atoms with van der Waals surface area (Å²) in [7, 11) is 0. The number of benzene rings is 1. The fraction of sp³-hybridized carbons (Fsp3) is 0.400. The van der Waals surface area contributed by atoms with E-state index in [1.54, 1.807) is 12.1 Å². The van der Waals surface area contributed by atoms with Crippen molar-refractivity contribution in [3.05, 3.63) is 70.6 Å². The first kappa shape index (κ1) is 19.9. The highest BCUT2D eigenvalue weighted by atomic mass is 19.1. The standard InChI is InChI=1S/C25H27FN4O/c1-16-14-18(17-9-11-19(26)12-10-17)15-22(27-16)23-8-4-5-13-30(23)25(31)24-20-6-2-3-7-21(20)28-29-24/h9-12,14-15,23H,2-8,13H2,1H3,(H,28,29)/t23-/m1/s1. The molecule has 3 aromatic rings. The number of carbonyl (C=O) groups is 1. The van der Waals surface area contributed by atoms with E-state index in [0.717, 1.165) is 78.7 Å². The Kier molecular flexibility index (Phi) is 5.30. The first-order chi connectivity index (χ1) is 15.1. The summed E-state index contributed by atoms with van der Waals surface area (Å²) in [5.41, 5.74) is 6.55. The predicted octanol–water partition coefficient (Wildman–Crippen LogP) is 5.17. The quantitative estimate of drug-likeness (QED) is 0.639. The molecule has 0 bridgehead atoms. The Labute approximate surface area is 181 Å². The minimum absolute atomic E-state index is 0.00994. The van der Waals surface area contributed by atoms with E-state index in [1.807, 2.05) is 17.9 Å². The summed E-state index contributed by atoms with van der Waals surface area (Å²) in [5, 5.41) is 7.52. The summed E-state index contributed by atoms with van der Waals surface area (Å²) in [4.78, 5) is 20.3. The van der Waals surface area contributed by atoms with Crippen molar-refractivity contribution in [3.8, 4) is 11.1 Å². The van der Waals surface area contributed by atoms with Crippen molar-refractivity contribution in [1.82, 2.24) is 20.1 Å². The summed E-state index contributed by atoms with van der Waals surface area (Å²) in [5.74, 6) is -0.239. The molecule has 0 spiro atoms. The van der Waals surface area contributed by atoms with Gasteiger partial charge in [-0.1, -0.05) is 12.1 Å². The van der Waals surface area contributed by atoms with Crippen molar-refractivity contribution in [1.29, 1.82) is 0 Å². The lowest BCUT2D eigenvalue weighted by molar-refractivity contribution is 0.0598. The molecule has 5 rings (SSSR count). The zero-order chi connectivity index (χ0) is 21.4. The summed E-state index contributed by atoms with van der Waals surface area (Å²) < 4.78 is 13.4. The Hall–Kier alpha value is -3.02. The number of hydrogen-bond donors (Lipinski definition) is 1. The maximum Gasteiger partial charge on any atom is 0.275 e. The monoisotopic (exact) mass is 418 g/mol. The lowest BCUT2D eigenvalue weighted by Gasteiger charge is -2.35. The van der Waals surface area contributed by atoms with E-state index in [9.17, 15) is 9.18 Å². The number of carbonyl (C=O) groups excluding carboxylic acids is 1. The lowest BCUT2D eigenvalue weighted by atomic mass is 9.93. The molecule has 6 heteroatoms. The van der Waals surface area contributed by atoms with Gasteiger partial charge in [-0.05, 0) is 87.3 Å². The Morgan fingerprint density at radius 2 is 1.87 bits per heavy atom. The SMILES string of the molecule is Cc1cc(-c2ccc(F)cc2)cc([C@H]2CCCCN2C(=O)c2n[nH]c3c2CCCC3)n1. The fourth-order valence-corrected chi connectivity index (χ4v) is 4.95. The third kappa shape index (κ3) is 3.87. The smallest absolute Gasteiger partial charge is 0.275 e. The van der Waals surface area contributed by atoms with Gasteiger partial charge in [0.2, 0.25) is 0 Å². The highest BCUT2D eigenvalue weighted by Crippen LogP contribution is 2.34. The molecule has 5 nitrogen and oxygen atoms in total. The van der Waals surface area contributed by atoms with Crippen LogP contribution in [0, 0.1) is 12.7 Å². The molecule has 1 fully saturated rings. The fourth-order valence-electron chi connectivity index (χ4n) is 4.95. The molecular weight excluding hydrogens is 391 g/mol. The highest BCUT2D eigenvalue weighted by Gasteiger charge is 2.33. The molecule has 31 heavy (non-hydrogen) atoms. The van der Waals surface area contributed by atoms with Gasteiger partial charge in [-0.25, -0.2) is 4.39 Å². The van der Waals surface area contributed by atoms with Crippen LogP contribution in [0.15, 0.2) is 36.4 Å². The average molecular weight is 419 g/mol. The Morgan fingerprint density at radius 3 is 2.71 bits per heavy atom. The van der Waals surface area contributed by atoms with Crippen molar-refractivity contribution >= 4 is 5.91 Å². The number of aromatic amines is 1. The summed E-state index contributed by atoms with van der Waals surface area (Å²) in [6, 6.07) is 10.5. The maximum atomic E-state index is 13.6. The first-order valence-corrected chi connectivity index (χ1v) is 11.2. The van der Waals surface area contributed by atoms with Gasteiger partial charge in [0.15, 0.2) is 5.69 Å². The molecule has 1 atom stereocenters. The number of likely N-dealkylation sites (tertiary alicyclic amines) is 1. The number of rotatable bonds is 3. The molecule has 1 aliphatic heterocycles. The van der Waals surface area contributed by atoms with E-state index in [-0.39, 0.29) is 17.8 Å².